The molecule has 80 valence electrons. The third-order valence-electron chi connectivity index (χ3n) is 3.64. The highest BCUT2D eigenvalue weighted by molar-refractivity contribution is 5.75. The fraction of sp³-hybridized carbons (Fsp3) is 0.909. The Labute approximate surface area is 85.2 Å². The van der Waals surface area contributed by atoms with Gasteiger partial charge in [0.25, 0.3) is 0 Å². The van der Waals surface area contributed by atoms with Gasteiger partial charge in [-0.05, 0) is 31.6 Å². The Bertz CT molecular complexity index is 217. The molecule has 1 N–H and O–H groups in total. The van der Waals surface area contributed by atoms with Crippen molar-refractivity contribution < 1.29 is 9.53 Å². The number of carbonyl (C=O) groups is 1. The molecule has 0 bridgehead atoms. The molecule has 0 spiro atoms. The van der Waals surface area contributed by atoms with E-state index >= 15 is 0 Å². The molecule has 1 aliphatic carbocycles. The quantitative estimate of drug-likeness (QED) is 0.647. The number of esters is 1. The van der Waals surface area contributed by atoms with Crippen LogP contribution in [0, 0.1) is 5.92 Å². The van der Waals surface area contributed by atoms with Gasteiger partial charge in [-0.3, -0.25) is 4.79 Å². The van der Waals surface area contributed by atoms with E-state index < -0.39 is 0 Å². The number of nitrogens with one attached hydrogen (secondary N) is 1. The van der Waals surface area contributed by atoms with Crippen molar-refractivity contribution in [2.45, 2.75) is 50.6 Å². The molecule has 0 aromatic carbocycles. The van der Waals surface area contributed by atoms with E-state index in [2.05, 4.69) is 5.32 Å². The van der Waals surface area contributed by atoms with Gasteiger partial charge >= 0.3 is 5.97 Å². The minimum absolute atomic E-state index is 0.0423. The van der Waals surface area contributed by atoms with E-state index in [0.717, 1.165) is 12.3 Å². The molecule has 2 rings (SSSR count). The smallest absolute Gasteiger partial charge is 0.322 e. The third-order valence-corrected chi connectivity index (χ3v) is 3.64. The zero-order chi connectivity index (χ0) is 9.97. The zero-order valence-corrected chi connectivity index (χ0v) is 8.79. The summed E-state index contributed by atoms with van der Waals surface area (Å²) in [6, 6.07) is 0.529. The molecular formula is C11H19NO2. The second-order valence-electron chi connectivity index (χ2n) is 4.47. The lowest BCUT2D eigenvalue weighted by molar-refractivity contribution is -0.144. The maximum absolute atomic E-state index is 11.4. The maximum Gasteiger partial charge on any atom is 0.322 e. The highest BCUT2D eigenvalue weighted by Gasteiger charge is 2.34. The standard InChI is InChI=1S/C11H19NO2/c1-14-11(13)10-7-6-8-4-2-3-5-9(8)12-10/h8-10,12H,2-7H2,1H3/t8-,9+,10-/m0/s1. The van der Waals surface area contributed by atoms with Crippen LogP contribution in [0.3, 0.4) is 0 Å². The summed E-state index contributed by atoms with van der Waals surface area (Å²) in [6.07, 6.45) is 7.39. The first-order valence-electron chi connectivity index (χ1n) is 5.65. The molecule has 1 aliphatic heterocycles. The third kappa shape index (κ3) is 1.92. The van der Waals surface area contributed by atoms with Crippen LogP contribution in [0.25, 0.3) is 0 Å². The van der Waals surface area contributed by atoms with E-state index in [1.165, 1.54) is 39.2 Å². The monoisotopic (exact) mass is 197 g/mol. The van der Waals surface area contributed by atoms with E-state index in [9.17, 15) is 4.79 Å². The van der Waals surface area contributed by atoms with Gasteiger partial charge in [-0.1, -0.05) is 12.8 Å². The van der Waals surface area contributed by atoms with Crippen LogP contribution < -0.4 is 5.32 Å². The Hall–Kier alpha value is -0.570. The average molecular weight is 197 g/mol. The molecule has 1 heterocycles. The van der Waals surface area contributed by atoms with Crippen molar-refractivity contribution in [3.05, 3.63) is 0 Å². The number of methoxy groups -OCH3 is 1. The Balaban J connectivity index is 1.92. The number of ether oxygens (including phenoxy) is 1. The van der Waals surface area contributed by atoms with Gasteiger partial charge < -0.3 is 10.1 Å². The average Bonchev–Trinajstić information content (AvgIpc) is 2.27. The Morgan fingerprint density at radius 1 is 1.21 bits per heavy atom. The summed E-state index contributed by atoms with van der Waals surface area (Å²) in [5.74, 6) is 0.721. The second kappa shape index (κ2) is 4.30. The number of piperidine rings is 1. The summed E-state index contributed by atoms with van der Waals surface area (Å²) in [4.78, 5) is 11.4. The molecule has 0 amide bonds. The molecule has 1 saturated heterocycles. The van der Waals surface area contributed by atoms with Crippen molar-refractivity contribution in [3.63, 3.8) is 0 Å². The molecule has 1 saturated carbocycles. The topological polar surface area (TPSA) is 38.3 Å². The first kappa shape index (κ1) is 9.97. The number of hydrogen-bond donors (Lipinski definition) is 1. The van der Waals surface area contributed by atoms with Crippen LogP contribution in [0.5, 0.6) is 0 Å². The van der Waals surface area contributed by atoms with Crippen LogP contribution in [0.15, 0.2) is 0 Å². The lowest BCUT2D eigenvalue weighted by Gasteiger charge is -2.39. The number of fused-ring (bicyclic) bond motifs is 1. The van der Waals surface area contributed by atoms with Crippen LogP contribution in [-0.2, 0) is 9.53 Å². The lowest BCUT2D eigenvalue weighted by atomic mass is 9.78. The van der Waals surface area contributed by atoms with Crippen molar-refractivity contribution in [1.82, 2.24) is 5.32 Å². The second-order valence-corrected chi connectivity index (χ2v) is 4.47. The van der Waals surface area contributed by atoms with Crippen LogP contribution in [-0.4, -0.2) is 25.2 Å². The van der Waals surface area contributed by atoms with Crippen molar-refractivity contribution in [2.24, 2.45) is 5.92 Å². The molecule has 3 atom stereocenters. The van der Waals surface area contributed by atoms with E-state index in [0.29, 0.717) is 6.04 Å². The molecule has 2 fully saturated rings. The minimum Gasteiger partial charge on any atom is -0.468 e. The molecule has 0 radical (unpaired) electrons. The fourth-order valence-corrected chi connectivity index (χ4v) is 2.82. The summed E-state index contributed by atoms with van der Waals surface area (Å²) < 4.78 is 4.77. The van der Waals surface area contributed by atoms with Gasteiger partial charge in [0, 0.05) is 6.04 Å². The molecule has 0 aromatic rings. The van der Waals surface area contributed by atoms with Crippen LogP contribution in [0.2, 0.25) is 0 Å². The summed E-state index contributed by atoms with van der Waals surface area (Å²) >= 11 is 0. The predicted molar refractivity (Wildman–Crippen MR) is 53.9 cm³/mol. The predicted octanol–water partition coefficient (Wildman–Crippen LogP) is 1.47. The molecular weight excluding hydrogens is 178 g/mol. The summed E-state index contributed by atoms with van der Waals surface area (Å²) in [7, 11) is 1.47. The number of carbonyl (C=O) groups excluding carboxylic acids is 1. The van der Waals surface area contributed by atoms with Gasteiger partial charge in [0.1, 0.15) is 6.04 Å². The summed E-state index contributed by atoms with van der Waals surface area (Å²) in [5, 5.41) is 3.43. The SMILES string of the molecule is COC(=O)[C@@H]1CC[C@@H]2CCCC[C@H]2N1. The van der Waals surface area contributed by atoms with Crippen molar-refractivity contribution in [2.75, 3.05) is 7.11 Å². The van der Waals surface area contributed by atoms with E-state index in [1.807, 2.05) is 0 Å². The van der Waals surface area contributed by atoms with Crippen molar-refractivity contribution >= 4 is 5.97 Å². The highest BCUT2D eigenvalue weighted by Crippen LogP contribution is 2.32. The number of rotatable bonds is 1. The number of hydrogen-bond acceptors (Lipinski definition) is 3. The fourth-order valence-electron chi connectivity index (χ4n) is 2.82. The minimum atomic E-state index is -0.0889. The molecule has 14 heavy (non-hydrogen) atoms. The Morgan fingerprint density at radius 3 is 2.79 bits per heavy atom. The van der Waals surface area contributed by atoms with Gasteiger partial charge in [0.05, 0.1) is 7.11 Å². The lowest BCUT2D eigenvalue weighted by Crippen LogP contribution is -2.52. The molecule has 3 heteroatoms. The molecule has 2 aliphatic rings. The molecule has 0 unspecified atom stereocenters. The zero-order valence-electron chi connectivity index (χ0n) is 8.79. The molecule has 0 aromatic heterocycles. The highest BCUT2D eigenvalue weighted by atomic mass is 16.5. The van der Waals surface area contributed by atoms with Crippen LogP contribution >= 0.6 is 0 Å². The van der Waals surface area contributed by atoms with Crippen molar-refractivity contribution in [1.29, 1.82) is 0 Å². The summed E-state index contributed by atoms with van der Waals surface area (Å²) in [6.45, 7) is 0. The van der Waals surface area contributed by atoms with Gasteiger partial charge in [0.15, 0.2) is 0 Å². The maximum atomic E-state index is 11.4. The largest absolute Gasteiger partial charge is 0.468 e. The first-order valence-corrected chi connectivity index (χ1v) is 5.65. The first-order chi connectivity index (χ1) is 6.81. The van der Waals surface area contributed by atoms with Crippen LogP contribution in [0.1, 0.15) is 38.5 Å². The van der Waals surface area contributed by atoms with Crippen molar-refractivity contribution in [3.8, 4) is 0 Å². The Kier molecular flexibility index (Phi) is 3.06. The normalized spacial score (nSPS) is 37.4. The van der Waals surface area contributed by atoms with E-state index in [4.69, 9.17) is 4.74 Å². The van der Waals surface area contributed by atoms with E-state index in [1.54, 1.807) is 0 Å². The van der Waals surface area contributed by atoms with Crippen LogP contribution in [0.4, 0.5) is 0 Å². The van der Waals surface area contributed by atoms with E-state index in [-0.39, 0.29) is 12.0 Å². The van der Waals surface area contributed by atoms with Gasteiger partial charge in [-0.2, -0.15) is 0 Å². The Morgan fingerprint density at radius 2 is 2.00 bits per heavy atom. The van der Waals surface area contributed by atoms with Gasteiger partial charge in [-0.15, -0.1) is 0 Å². The van der Waals surface area contributed by atoms with Gasteiger partial charge in [-0.25, -0.2) is 0 Å². The molecule has 3 nitrogen and oxygen atoms in total. The summed E-state index contributed by atoms with van der Waals surface area (Å²) in [5.41, 5.74) is 0. The van der Waals surface area contributed by atoms with Gasteiger partial charge in [0.2, 0.25) is 0 Å².